The lowest BCUT2D eigenvalue weighted by Crippen LogP contribution is -2.42. The third-order valence-electron chi connectivity index (χ3n) is 2.54. The number of carbonyl (C=O) groups excluding carboxylic acids is 1. The molecule has 0 spiro atoms. The highest BCUT2D eigenvalue weighted by Gasteiger charge is 2.07. The van der Waals surface area contributed by atoms with E-state index in [-0.39, 0.29) is 6.03 Å². The van der Waals surface area contributed by atoms with Crippen LogP contribution in [0.25, 0.3) is 0 Å². The standard InChI is InChI=1S/C11H20N4OS/c1-8(15(3)4)5-12-11(16)13-6-10-7-17-9(2)14-10/h7-8H,5-6H2,1-4H3,(H2,12,13,16)/t8-/m0/s1. The summed E-state index contributed by atoms with van der Waals surface area (Å²) in [7, 11) is 3.98. The fourth-order valence-electron chi connectivity index (χ4n) is 1.15. The van der Waals surface area contributed by atoms with Gasteiger partial charge in [-0.15, -0.1) is 11.3 Å². The summed E-state index contributed by atoms with van der Waals surface area (Å²) in [6, 6.07) is 0.173. The van der Waals surface area contributed by atoms with Crippen LogP contribution in [0.3, 0.4) is 0 Å². The van der Waals surface area contributed by atoms with Crippen LogP contribution in [-0.4, -0.2) is 42.6 Å². The van der Waals surface area contributed by atoms with Gasteiger partial charge in [-0.25, -0.2) is 9.78 Å². The number of hydrogen-bond donors (Lipinski definition) is 2. The van der Waals surface area contributed by atoms with Crippen molar-refractivity contribution in [3.05, 3.63) is 16.1 Å². The normalized spacial score (nSPS) is 12.5. The molecule has 0 saturated carbocycles. The summed E-state index contributed by atoms with van der Waals surface area (Å²) in [5, 5.41) is 8.58. The highest BCUT2D eigenvalue weighted by Crippen LogP contribution is 2.06. The molecule has 0 unspecified atom stereocenters. The van der Waals surface area contributed by atoms with E-state index in [1.165, 1.54) is 0 Å². The first-order chi connectivity index (χ1) is 7.99. The van der Waals surface area contributed by atoms with E-state index < -0.39 is 0 Å². The predicted octanol–water partition coefficient (Wildman–Crippen LogP) is 1.20. The Labute approximate surface area is 106 Å². The van der Waals surface area contributed by atoms with Gasteiger partial charge < -0.3 is 15.5 Å². The Morgan fingerprint density at radius 2 is 2.24 bits per heavy atom. The average Bonchev–Trinajstić information content (AvgIpc) is 2.69. The van der Waals surface area contributed by atoms with E-state index in [0.717, 1.165) is 10.7 Å². The lowest BCUT2D eigenvalue weighted by molar-refractivity contribution is 0.234. The molecule has 96 valence electrons. The van der Waals surface area contributed by atoms with E-state index in [1.807, 2.05) is 26.4 Å². The minimum absolute atomic E-state index is 0.149. The van der Waals surface area contributed by atoms with Gasteiger partial charge in [-0.05, 0) is 27.9 Å². The lowest BCUT2D eigenvalue weighted by Gasteiger charge is -2.19. The lowest BCUT2D eigenvalue weighted by atomic mass is 10.3. The molecule has 0 bridgehead atoms. The molecular formula is C11H20N4OS. The Hall–Kier alpha value is -1.14. The fraction of sp³-hybridized carbons (Fsp3) is 0.636. The van der Waals surface area contributed by atoms with Crippen molar-refractivity contribution < 1.29 is 4.79 Å². The van der Waals surface area contributed by atoms with Gasteiger partial charge in [0.05, 0.1) is 17.2 Å². The highest BCUT2D eigenvalue weighted by atomic mass is 32.1. The molecule has 2 amide bonds. The Bertz CT molecular complexity index is 364. The van der Waals surface area contributed by atoms with Crippen molar-refractivity contribution in [3.8, 4) is 0 Å². The van der Waals surface area contributed by atoms with Gasteiger partial charge in [0.2, 0.25) is 0 Å². The Kier molecular flexibility index (Phi) is 5.37. The molecule has 6 heteroatoms. The summed E-state index contributed by atoms with van der Waals surface area (Å²) in [4.78, 5) is 17.8. The van der Waals surface area contributed by atoms with E-state index in [0.29, 0.717) is 19.1 Å². The molecular weight excluding hydrogens is 236 g/mol. The zero-order valence-electron chi connectivity index (χ0n) is 10.8. The van der Waals surface area contributed by atoms with Crippen LogP contribution in [0, 0.1) is 6.92 Å². The summed E-state index contributed by atoms with van der Waals surface area (Å²) < 4.78 is 0. The van der Waals surface area contributed by atoms with Crippen LogP contribution in [0.1, 0.15) is 17.6 Å². The van der Waals surface area contributed by atoms with Crippen LogP contribution in [-0.2, 0) is 6.54 Å². The predicted molar refractivity (Wildman–Crippen MR) is 70.2 cm³/mol. The number of carbonyl (C=O) groups is 1. The molecule has 0 aliphatic heterocycles. The zero-order chi connectivity index (χ0) is 12.8. The minimum atomic E-state index is -0.149. The number of amides is 2. The molecule has 1 rings (SSSR count). The highest BCUT2D eigenvalue weighted by molar-refractivity contribution is 7.09. The van der Waals surface area contributed by atoms with E-state index in [9.17, 15) is 4.79 Å². The number of nitrogens with one attached hydrogen (secondary N) is 2. The van der Waals surface area contributed by atoms with Crippen molar-refractivity contribution in [1.82, 2.24) is 20.5 Å². The van der Waals surface area contributed by atoms with Gasteiger partial charge in [0.15, 0.2) is 0 Å². The summed E-state index contributed by atoms with van der Waals surface area (Å²) in [6.45, 7) is 5.12. The van der Waals surface area contributed by atoms with Gasteiger partial charge in [-0.2, -0.15) is 0 Å². The van der Waals surface area contributed by atoms with E-state index in [4.69, 9.17) is 0 Å². The maximum absolute atomic E-state index is 11.5. The quantitative estimate of drug-likeness (QED) is 0.832. The van der Waals surface area contributed by atoms with Crippen LogP contribution in [0.4, 0.5) is 4.79 Å². The molecule has 0 aromatic carbocycles. The third kappa shape index (κ3) is 5.14. The van der Waals surface area contributed by atoms with Gasteiger partial charge in [0, 0.05) is 18.0 Å². The van der Waals surface area contributed by atoms with Crippen LogP contribution in [0.2, 0.25) is 0 Å². The van der Waals surface area contributed by atoms with Crippen molar-refractivity contribution >= 4 is 17.4 Å². The second-order valence-corrected chi connectivity index (χ2v) is 5.30. The molecule has 1 heterocycles. The third-order valence-corrected chi connectivity index (χ3v) is 3.36. The minimum Gasteiger partial charge on any atom is -0.337 e. The molecule has 5 nitrogen and oxygen atoms in total. The second-order valence-electron chi connectivity index (χ2n) is 4.23. The van der Waals surface area contributed by atoms with Crippen LogP contribution in [0.5, 0.6) is 0 Å². The number of hydrogen-bond acceptors (Lipinski definition) is 4. The van der Waals surface area contributed by atoms with Crippen molar-refractivity contribution in [2.45, 2.75) is 26.4 Å². The fourth-order valence-corrected chi connectivity index (χ4v) is 1.76. The molecule has 1 aromatic heterocycles. The zero-order valence-corrected chi connectivity index (χ0v) is 11.6. The maximum atomic E-state index is 11.5. The number of aromatic nitrogens is 1. The Balaban J connectivity index is 2.22. The van der Waals surface area contributed by atoms with Gasteiger partial charge in [0.25, 0.3) is 0 Å². The summed E-state index contributed by atoms with van der Waals surface area (Å²) in [5.74, 6) is 0. The topological polar surface area (TPSA) is 57.3 Å². The first-order valence-corrected chi connectivity index (χ1v) is 6.46. The molecule has 0 radical (unpaired) electrons. The van der Waals surface area contributed by atoms with Crippen molar-refractivity contribution in [1.29, 1.82) is 0 Å². The average molecular weight is 256 g/mol. The summed E-state index contributed by atoms with van der Waals surface area (Å²) >= 11 is 1.59. The number of nitrogens with zero attached hydrogens (tertiary/aromatic N) is 2. The van der Waals surface area contributed by atoms with Crippen molar-refractivity contribution in [2.24, 2.45) is 0 Å². The number of thiazole rings is 1. The van der Waals surface area contributed by atoms with E-state index in [2.05, 4.69) is 27.4 Å². The first kappa shape index (κ1) is 13.9. The van der Waals surface area contributed by atoms with E-state index >= 15 is 0 Å². The monoisotopic (exact) mass is 256 g/mol. The smallest absolute Gasteiger partial charge is 0.315 e. The van der Waals surface area contributed by atoms with Gasteiger partial charge in [-0.1, -0.05) is 0 Å². The molecule has 0 aliphatic rings. The molecule has 2 N–H and O–H groups in total. The summed E-state index contributed by atoms with van der Waals surface area (Å²) in [5.41, 5.74) is 0.906. The van der Waals surface area contributed by atoms with Crippen molar-refractivity contribution in [3.63, 3.8) is 0 Å². The largest absolute Gasteiger partial charge is 0.337 e. The van der Waals surface area contributed by atoms with Crippen molar-refractivity contribution in [2.75, 3.05) is 20.6 Å². The molecule has 0 aliphatic carbocycles. The van der Waals surface area contributed by atoms with Gasteiger partial charge >= 0.3 is 6.03 Å². The number of aryl methyl sites for hydroxylation is 1. The molecule has 1 atom stereocenters. The van der Waals surface area contributed by atoms with Gasteiger partial charge in [0.1, 0.15) is 0 Å². The van der Waals surface area contributed by atoms with Crippen LogP contribution >= 0.6 is 11.3 Å². The first-order valence-electron chi connectivity index (χ1n) is 5.58. The van der Waals surface area contributed by atoms with Crippen LogP contribution in [0.15, 0.2) is 5.38 Å². The Morgan fingerprint density at radius 3 is 2.76 bits per heavy atom. The summed E-state index contributed by atoms with van der Waals surface area (Å²) in [6.07, 6.45) is 0. The molecule has 0 saturated heterocycles. The Morgan fingerprint density at radius 1 is 1.53 bits per heavy atom. The maximum Gasteiger partial charge on any atom is 0.315 e. The number of rotatable bonds is 5. The molecule has 17 heavy (non-hydrogen) atoms. The number of urea groups is 1. The molecule has 1 aromatic rings. The molecule has 0 fully saturated rings. The second kappa shape index (κ2) is 6.56. The van der Waals surface area contributed by atoms with Crippen LogP contribution < -0.4 is 10.6 Å². The van der Waals surface area contributed by atoms with E-state index in [1.54, 1.807) is 11.3 Å². The SMILES string of the molecule is Cc1nc(CNC(=O)NC[C@H](C)N(C)C)cs1. The number of likely N-dealkylation sites (N-methyl/N-ethyl adjacent to an activating group) is 1. The van der Waals surface area contributed by atoms with Gasteiger partial charge in [-0.3, -0.25) is 0 Å².